The molecule has 6 nitrogen and oxygen atoms in total. The van der Waals surface area contributed by atoms with Gasteiger partial charge >= 0.3 is 0 Å². The predicted octanol–water partition coefficient (Wildman–Crippen LogP) is 4.70. The van der Waals surface area contributed by atoms with Crippen LogP contribution < -0.4 is 5.32 Å². The van der Waals surface area contributed by atoms with Gasteiger partial charge in [0.05, 0.1) is 12.8 Å². The molecular weight excluding hydrogens is 396 g/mol. The fourth-order valence-electron chi connectivity index (χ4n) is 3.01. The molecule has 30 heavy (non-hydrogen) atoms. The Morgan fingerprint density at radius 2 is 1.80 bits per heavy atom. The van der Waals surface area contributed by atoms with E-state index in [-0.39, 0.29) is 5.91 Å². The number of hydrogen-bond acceptors (Lipinski definition) is 5. The van der Waals surface area contributed by atoms with Gasteiger partial charge in [0.2, 0.25) is 0 Å². The van der Waals surface area contributed by atoms with Crippen LogP contribution >= 0.6 is 11.8 Å². The Hall–Kier alpha value is -3.32. The van der Waals surface area contributed by atoms with E-state index in [1.165, 1.54) is 5.56 Å². The lowest BCUT2D eigenvalue weighted by atomic mass is 10.1. The maximum atomic E-state index is 12.3. The molecule has 2 aromatic carbocycles. The maximum absolute atomic E-state index is 12.3. The molecule has 0 unspecified atom stereocenters. The Labute approximate surface area is 179 Å². The molecule has 0 aliphatic heterocycles. The first-order valence-corrected chi connectivity index (χ1v) is 10.6. The summed E-state index contributed by atoms with van der Waals surface area (Å²) in [5.41, 5.74) is 3.99. The highest BCUT2D eigenvalue weighted by atomic mass is 32.2. The van der Waals surface area contributed by atoms with Gasteiger partial charge in [-0.2, -0.15) is 0 Å². The van der Waals surface area contributed by atoms with Gasteiger partial charge < -0.3 is 9.73 Å². The lowest BCUT2D eigenvalue weighted by Crippen LogP contribution is -2.22. The van der Waals surface area contributed by atoms with E-state index in [1.807, 2.05) is 37.3 Å². The van der Waals surface area contributed by atoms with Gasteiger partial charge in [-0.3, -0.25) is 9.36 Å². The number of carbonyl (C=O) groups is 1. The van der Waals surface area contributed by atoms with Crippen LogP contribution in [0.5, 0.6) is 0 Å². The number of hydrogen-bond donors (Lipinski definition) is 1. The van der Waals surface area contributed by atoms with Crippen LogP contribution in [0.25, 0.3) is 5.69 Å². The van der Waals surface area contributed by atoms with Gasteiger partial charge in [-0.25, -0.2) is 0 Å². The summed E-state index contributed by atoms with van der Waals surface area (Å²) in [5, 5.41) is 12.3. The first-order chi connectivity index (χ1) is 14.6. The lowest BCUT2D eigenvalue weighted by Gasteiger charge is -2.09. The van der Waals surface area contributed by atoms with Crippen LogP contribution in [0.2, 0.25) is 0 Å². The van der Waals surface area contributed by atoms with E-state index < -0.39 is 0 Å². The van der Waals surface area contributed by atoms with Crippen LogP contribution in [-0.2, 0) is 12.3 Å². The molecule has 0 spiro atoms. The summed E-state index contributed by atoms with van der Waals surface area (Å²) in [6.45, 7) is 4.39. The maximum Gasteiger partial charge on any atom is 0.251 e. The minimum absolute atomic E-state index is 0.125. The molecule has 0 aliphatic carbocycles. The molecule has 1 amide bonds. The van der Waals surface area contributed by atoms with E-state index in [2.05, 4.69) is 51.3 Å². The van der Waals surface area contributed by atoms with Crippen molar-refractivity contribution in [3.8, 4) is 5.69 Å². The van der Waals surface area contributed by atoms with Crippen LogP contribution in [0.15, 0.2) is 76.5 Å². The fraction of sp³-hybridized carbons (Fsp3) is 0.174. The Morgan fingerprint density at radius 1 is 1.03 bits per heavy atom. The SMILES string of the molecule is Cc1ccc(-n2c(C)nnc2SCc2ccc(C(=O)NCc3ccco3)cc2)cc1. The number of rotatable bonds is 7. The highest BCUT2D eigenvalue weighted by molar-refractivity contribution is 7.98. The third-order valence-corrected chi connectivity index (χ3v) is 5.67. The molecule has 0 radical (unpaired) electrons. The van der Waals surface area contributed by atoms with Gasteiger partial charge in [-0.1, -0.05) is 41.6 Å². The smallest absolute Gasteiger partial charge is 0.251 e. The van der Waals surface area contributed by atoms with Gasteiger partial charge in [0, 0.05) is 17.0 Å². The zero-order chi connectivity index (χ0) is 20.9. The molecule has 152 valence electrons. The number of nitrogens with one attached hydrogen (secondary N) is 1. The van der Waals surface area contributed by atoms with E-state index in [9.17, 15) is 4.79 Å². The minimum Gasteiger partial charge on any atom is -0.467 e. The predicted molar refractivity (Wildman–Crippen MR) is 117 cm³/mol. The van der Waals surface area contributed by atoms with Crippen molar-refractivity contribution in [2.24, 2.45) is 0 Å². The van der Waals surface area contributed by atoms with Crippen molar-refractivity contribution in [2.75, 3.05) is 0 Å². The van der Waals surface area contributed by atoms with Crippen LogP contribution in [0.1, 0.15) is 33.1 Å². The second-order valence-electron chi connectivity index (χ2n) is 6.95. The lowest BCUT2D eigenvalue weighted by molar-refractivity contribution is 0.0948. The van der Waals surface area contributed by atoms with E-state index in [4.69, 9.17) is 4.42 Å². The van der Waals surface area contributed by atoms with Crippen LogP contribution in [0, 0.1) is 13.8 Å². The third kappa shape index (κ3) is 4.63. The number of thioether (sulfide) groups is 1. The Balaban J connectivity index is 1.39. The summed E-state index contributed by atoms with van der Waals surface area (Å²) in [6.07, 6.45) is 1.59. The standard InChI is InChI=1S/C23H22N4O2S/c1-16-5-11-20(12-6-16)27-17(2)25-26-23(27)30-15-18-7-9-19(10-8-18)22(28)24-14-21-4-3-13-29-21/h3-13H,14-15H2,1-2H3,(H,24,28). The first-order valence-electron chi connectivity index (χ1n) is 9.61. The number of benzene rings is 2. The summed E-state index contributed by atoms with van der Waals surface area (Å²) in [6, 6.07) is 19.6. The van der Waals surface area contributed by atoms with Crippen molar-refractivity contribution < 1.29 is 9.21 Å². The van der Waals surface area contributed by atoms with Crippen molar-refractivity contribution >= 4 is 17.7 Å². The van der Waals surface area contributed by atoms with Crippen LogP contribution in [-0.4, -0.2) is 20.7 Å². The average molecular weight is 419 g/mol. The molecular formula is C23H22N4O2S. The molecule has 0 saturated heterocycles. The van der Waals surface area contributed by atoms with Gasteiger partial charge in [0.1, 0.15) is 11.6 Å². The second-order valence-corrected chi connectivity index (χ2v) is 7.89. The van der Waals surface area contributed by atoms with E-state index in [1.54, 1.807) is 24.1 Å². The Bertz CT molecular complexity index is 1120. The van der Waals surface area contributed by atoms with Gasteiger partial charge in [-0.15, -0.1) is 10.2 Å². The molecule has 7 heteroatoms. The number of amides is 1. The van der Waals surface area contributed by atoms with Gasteiger partial charge in [-0.05, 0) is 55.8 Å². The highest BCUT2D eigenvalue weighted by Crippen LogP contribution is 2.25. The average Bonchev–Trinajstić information content (AvgIpc) is 3.41. The second kappa shape index (κ2) is 9.00. The quantitative estimate of drug-likeness (QED) is 0.441. The molecule has 0 bridgehead atoms. The molecule has 1 N–H and O–H groups in total. The summed E-state index contributed by atoms with van der Waals surface area (Å²) in [7, 11) is 0. The fourth-order valence-corrected chi connectivity index (χ4v) is 3.96. The summed E-state index contributed by atoms with van der Waals surface area (Å²) in [5.74, 6) is 2.19. The van der Waals surface area contributed by atoms with E-state index in [0.717, 1.165) is 33.7 Å². The number of nitrogens with zero attached hydrogens (tertiary/aromatic N) is 3. The van der Waals surface area contributed by atoms with E-state index >= 15 is 0 Å². The topological polar surface area (TPSA) is 73.0 Å². The minimum atomic E-state index is -0.125. The third-order valence-electron chi connectivity index (χ3n) is 4.67. The first kappa shape index (κ1) is 20.0. The summed E-state index contributed by atoms with van der Waals surface area (Å²) >= 11 is 1.62. The molecule has 0 fully saturated rings. The molecule has 0 atom stereocenters. The highest BCUT2D eigenvalue weighted by Gasteiger charge is 2.12. The normalized spacial score (nSPS) is 10.9. The van der Waals surface area contributed by atoms with Crippen LogP contribution in [0.3, 0.4) is 0 Å². The van der Waals surface area contributed by atoms with Crippen molar-refractivity contribution in [3.63, 3.8) is 0 Å². The molecule has 2 heterocycles. The van der Waals surface area contributed by atoms with Crippen molar-refractivity contribution in [1.82, 2.24) is 20.1 Å². The monoisotopic (exact) mass is 418 g/mol. The molecule has 2 aromatic heterocycles. The van der Waals surface area contributed by atoms with Gasteiger partial charge in [0.15, 0.2) is 5.16 Å². The summed E-state index contributed by atoms with van der Waals surface area (Å²) < 4.78 is 7.29. The Morgan fingerprint density at radius 3 is 2.50 bits per heavy atom. The molecule has 0 aliphatic rings. The van der Waals surface area contributed by atoms with Gasteiger partial charge in [0.25, 0.3) is 5.91 Å². The number of furan rings is 1. The number of aromatic nitrogens is 3. The largest absolute Gasteiger partial charge is 0.467 e. The number of carbonyl (C=O) groups excluding carboxylic acids is 1. The zero-order valence-corrected chi connectivity index (χ0v) is 17.6. The Kier molecular flexibility index (Phi) is 5.99. The zero-order valence-electron chi connectivity index (χ0n) is 16.8. The number of aryl methyl sites for hydroxylation is 2. The van der Waals surface area contributed by atoms with Crippen molar-refractivity contribution in [2.45, 2.75) is 31.3 Å². The summed E-state index contributed by atoms with van der Waals surface area (Å²) in [4.78, 5) is 12.3. The molecule has 0 saturated carbocycles. The van der Waals surface area contributed by atoms with E-state index in [0.29, 0.717) is 12.1 Å². The van der Waals surface area contributed by atoms with Crippen LogP contribution in [0.4, 0.5) is 0 Å². The van der Waals surface area contributed by atoms with Crippen molar-refractivity contribution in [1.29, 1.82) is 0 Å². The molecule has 4 aromatic rings. The molecule has 4 rings (SSSR count). The van der Waals surface area contributed by atoms with Crippen molar-refractivity contribution in [3.05, 3.63) is 95.2 Å².